The molecule has 0 aliphatic carbocycles. The molecule has 5 nitrogen and oxygen atoms in total. The first-order valence-corrected chi connectivity index (χ1v) is 7.63. The number of alkyl halides is 3. The van der Waals surface area contributed by atoms with E-state index in [1.165, 1.54) is 0 Å². The fourth-order valence-electron chi connectivity index (χ4n) is 2.65. The lowest BCUT2D eigenvalue weighted by molar-refractivity contribution is -0.138. The third kappa shape index (κ3) is 3.35. The molecule has 0 bridgehead atoms. The third-order valence-corrected chi connectivity index (χ3v) is 3.95. The van der Waals surface area contributed by atoms with Gasteiger partial charge in [-0.15, -0.1) is 0 Å². The average Bonchev–Trinajstić information content (AvgIpc) is 2.62. The normalized spacial score (nSPS) is 16.5. The van der Waals surface area contributed by atoms with E-state index < -0.39 is 29.4 Å². The maximum absolute atomic E-state index is 12.9. The average molecular weight is 365 g/mol. The Morgan fingerprint density at radius 1 is 1.23 bits per heavy atom. The van der Waals surface area contributed by atoms with Gasteiger partial charge in [-0.25, -0.2) is 0 Å². The summed E-state index contributed by atoms with van der Waals surface area (Å²) in [4.78, 5) is 24.8. The first kappa shape index (κ1) is 17.8. The number of methoxy groups -OCH3 is 1. The standard InChI is InChI=1S/C18H14F3NO4/c1-25-15-8-10(6-7-12(15)18(19,20)21)17(24)22-13-9-26-14-5-3-2-4-11(14)16(13)23/h2-8,13H,9H2,1H3,(H,22,24). The molecule has 3 rings (SSSR count). The molecule has 136 valence electrons. The number of hydrogen-bond donors (Lipinski definition) is 1. The summed E-state index contributed by atoms with van der Waals surface area (Å²) in [6.45, 7) is -0.0562. The number of carbonyl (C=O) groups is 2. The number of benzene rings is 2. The number of nitrogens with one attached hydrogen (secondary N) is 1. The van der Waals surface area contributed by atoms with Crippen molar-refractivity contribution in [2.24, 2.45) is 0 Å². The molecule has 1 amide bonds. The van der Waals surface area contributed by atoms with Crippen molar-refractivity contribution in [3.8, 4) is 11.5 Å². The minimum atomic E-state index is -4.60. The van der Waals surface area contributed by atoms with E-state index in [9.17, 15) is 22.8 Å². The molecule has 26 heavy (non-hydrogen) atoms. The Morgan fingerprint density at radius 2 is 1.96 bits per heavy atom. The van der Waals surface area contributed by atoms with E-state index in [1.54, 1.807) is 24.3 Å². The van der Waals surface area contributed by atoms with E-state index in [0.29, 0.717) is 11.3 Å². The minimum Gasteiger partial charge on any atom is -0.496 e. The predicted molar refractivity (Wildman–Crippen MR) is 85.5 cm³/mol. The van der Waals surface area contributed by atoms with Crippen LogP contribution in [0, 0.1) is 0 Å². The highest BCUT2D eigenvalue weighted by atomic mass is 19.4. The smallest absolute Gasteiger partial charge is 0.419 e. The summed E-state index contributed by atoms with van der Waals surface area (Å²) in [6, 6.07) is 8.48. The molecule has 2 aromatic carbocycles. The summed E-state index contributed by atoms with van der Waals surface area (Å²) in [5.74, 6) is -1.06. The molecule has 0 radical (unpaired) electrons. The number of rotatable bonds is 3. The molecule has 1 aliphatic heterocycles. The summed E-state index contributed by atoms with van der Waals surface area (Å²) in [6.07, 6.45) is -4.60. The van der Waals surface area contributed by atoms with E-state index in [2.05, 4.69) is 5.32 Å². The number of carbonyl (C=O) groups excluding carboxylic acids is 2. The van der Waals surface area contributed by atoms with Gasteiger partial charge >= 0.3 is 6.18 Å². The van der Waals surface area contributed by atoms with Crippen LogP contribution in [0.2, 0.25) is 0 Å². The molecule has 1 heterocycles. The topological polar surface area (TPSA) is 64.6 Å². The summed E-state index contributed by atoms with van der Waals surface area (Å²) in [7, 11) is 1.09. The van der Waals surface area contributed by atoms with E-state index in [1.807, 2.05) is 0 Å². The van der Waals surface area contributed by atoms with Gasteiger partial charge in [-0.2, -0.15) is 13.2 Å². The number of para-hydroxylation sites is 1. The highest BCUT2D eigenvalue weighted by Crippen LogP contribution is 2.36. The number of ether oxygens (including phenoxy) is 2. The lowest BCUT2D eigenvalue weighted by Gasteiger charge is -2.24. The third-order valence-electron chi connectivity index (χ3n) is 3.95. The van der Waals surface area contributed by atoms with Crippen LogP contribution in [0.1, 0.15) is 26.3 Å². The van der Waals surface area contributed by atoms with Gasteiger partial charge in [0.05, 0.1) is 18.2 Å². The summed E-state index contributed by atoms with van der Waals surface area (Å²) < 4.78 is 48.8. The fraction of sp³-hybridized carbons (Fsp3) is 0.222. The van der Waals surface area contributed by atoms with E-state index in [0.717, 1.165) is 25.3 Å². The minimum absolute atomic E-state index is 0.0542. The summed E-state index contributed by atoms with van der Waals surface area (Å²) in [5.41, 5.74) is -0.696. The lowest BCUT2D eigenvalue weighted by Crippen LogP contribution is -2.47. The predicted octanol–water partition coefficient (Wildman–Crippen LogP) is 3.09. The van der Waals surface area contributed by atoms with Crippen LogP contribution in [0.3, 0.4) is 0 Å². The quantitative estimate of drug-likeness (QED) is 0.908. The zero-order valence-electron chi connectivity index (χ0n) is 13.6. The van der Waals surface area contributed by atoms with E-state index in [-0.39, 0.29) is 18.0 Å². The van der Waals surface area contributed by atoms with Crippen molar-refractivity contribution in [1.82, 2.24) is 5.32 Å². The number of ketones is 1. The van der Waals surface area contributed by atoms with Crippen molar-refractivity contribution < 1.29 is 32.2 Å². The Kier molecular flexibility index (Phi) is 4.58. The molecule has 0 saturated heterocycles. The maximum atomic E-state index is 12.9. The Balaban J connectivity index is 1.80. The first-order chi connectivity index (χ1) is 12.3. The zero-order chi connectivity index (χ0) is 18.9. The molecule has 8 heteroatoms. The zero-order valence-corrected chi connectivity index (χ0v) is 13.6. The Morgan fingerprint density at radius 3 is 2.65 bits per heavy atom. The van der Waals surface area contributed by atoms with Crippen LogP contribution in [0.25, 0.3) is 0 Å². The number of hydrogen-bond acceptors (Lipinski definition) is 4. The molecule has 0 spiro atoms. The van der Waals surface area contributed by atoms with Crippen LogP contribution in [0.4, 0.5) is 13.2 Å². The summed E-state index contributed by atoms with van der Waals surface area (Å²) >= 11 is 0. The molecule has 0 fully saturated rings. The van der Waals surface area contributed by atoms with Crippen molar-refractivity contribution in [2.45, 2.75) is 12.2 Å². The van der Waals surface area contributed by atoms with Gasteiger partial charge in [-0.3, -0.25) is 9.59 Å². The van der Waals surface area contributed by atoms with Gasteiger partial charge < -0.3 is 14.8 Å². The Bertz CT molecular complexity index is 864. The molecule has 1 N–H and O–H groups in total. The Hall–Kier alpha value is -3.03. The van der Waals surface area contributed by atoms with Crippen molar-refractivity contribution in [3.63, 3.8) is 0 Å². The first-order valence-electron chi connectivity index (χ1n) is 7.63. The molecule has 1 atom stereocenters. The number of fused-ring (bicyclic) bond motifs is 1. The van der Waals surface area contributed by atoms with Gasteiger partial charge in [-0.1, -0.05) is 12.1 Å². The van der Waals surface area contributed by atoms with E-state index >= 15 is 0 Å². The van der Waals surface area contributed by atoms with Gasteiger partial charge in [0, 0.05) is 5.56 Å². The van der Waals surface area contributed by atoms with Crippen molar-refractivity contribution in [3.05, 3.63) is 59.2 Å². The van der Waals surface area contributed by atoms with Gasteiger partial charge in [0.25, 0.3) is 5.91 Å². The van der Waals surface area contributed by atoms with E-state index in [4.69, 9.17) is 9.47 Å². The monoisotopic (exact) mass is 365 g/mol. The number of halogens is 3. The largest absolute Gasteiger partial charge is 0.496 e. The fourth-order valence-corrected chi connectivity index (χ4v) is 2.65. The van der Waals surface area contributed by atoms with Crippen LogP contribution < -0.4 is 14.8 Å². The van der Waals surface area contributed by atoms with Crippen LogP contribution in [-0.4, -0.2) is 31.4 Å². The van der Waals surface area contributed by atoms with Gasteiger partial charge in [0.1, 0.15) is 24.1 Å². The number of Topliss-reactive ketones (excluding diaryl/α,β-unsaturated/α-hetero) is 1. The van der Waals surface area contributed by atoms with Crippen LogP contribution in [0.5, 0.6) is 11.5 Å². The molecular weight excluding hydrogens is 351 g/mol. The van der Waals surface area contributed by atoms with Gasteiger partial charge in [-0.05, 0) is 30.3 Å². The van der Waals surface area contributed by atoms with Crippen molar-refractivity contribution in [1.29, 1.82) is 0 Å². The molecule has 0 aromatic heterocycles. The SMILES string of the molecule is COc1cc(C(=O)NC2COc3ccccc3C2=O)ccc1C(F)(F)F. The van der Waals surface area contributed by atoms with Crippen molar-refractivity contribution in [2.75, 3.05) is 13.7 Å². The molecular formula is C18H14F3NO4. The van der Waals surface area contributed by atoms with Crippen LogP contribution >= 0.6 is 0 Å². The second-order valence-corrected chi connectivity index (χ2v) is 5.61. The molecule has 1 aliphatic rings. The number of amides is 1. The molecule has 0 saturated carbocycles. The Labute approximate surface area is 146 Å². The van der Waals surface area contributed by atoms with Crippen LogP contribution in [0.15, 0.2) is 42.5 Å². The second kappa shape index (κ2) is 6.70. The van der Waals surface area contributed by atoms with Crippen LogP contribution in [-0.2, 0) is 6.18 Å². The van der Waals surface area contributed by atoms with Gasteiger partial charge in [0.15, 0.2) is 5.78 Å². The maximum Gasteiger partial charge on any atom is 0.419 e. The second-order valence-electron chi connectivity index (χ2n) is 5.61. The highest BCUT2D eigenvalue weighted by molar-refractivity contribution is 6.06. The molecule has 2 aromatic rings. The highest BCUT2D eigenvalue weighted by Gasteiger charge is 2.35. The summed E-state index contributed by atoms with van der Waals surface area (Å²) in [5, 5.41) is 2.49. The lowest BCUT2D eigenvalue weighted by atomic mass is 10.0. The van der Waals surface area contributed by atoms with Crippen molar-refractivity contribution >= 4 is 11.7 Å². The van der Waals surface area contributed by atoms with Gasteiger partial charge in [0.2, 0.25) is 0 Å². The molecule has 1 unspecified atom stereocenters.